The molecule has 3 heterocycles. The summed E-state index contributed by atoms with van der Waals surface area (Å²) in [5.74, 6) is -1.61. The van der Waals surface area contributed by atoms with Crippen molar-refractivity contribution in [2.24, 2.45) is 0 Å². The number of carbonyl (C=O) groups excluding carboxylic acids is 3. The number of nitrogens with zero attached hydrogens (tertiary/aromatic N) is 1. The fourth-order valence-electron chi connectivity index (χ4n) is 1.50. The highest BCUT2D eigenvalue weighted by atomic mass is 28.4. The van der Waals surface area contributed by atoms with Gasteiger partial charge in [0.15, 0.2) is 0 Å². The second-order valence-electron chi connectivity index (χ2n) is 3.43. The SMILES string of the molecule is C[Si]12OC(=O)CN(CC(=O)O1)CC(=O)O2. The molecule has 0 aromatic rings. The maximum absolute atomic E-state index is 11.3. The lowest BCUT2D eigenvalue weighted by atomic mass is 10.4. The van der Waals surface area contributed by atoms with E-state index in [9.17, 15) is 14.4 Å². The zero-order valence-electron chi connectivity index (χ0n) is 8.02. The van der Waals surface area contributed by atoms with E-state index < -0.39 is 26.7 Å². The van der Waals surface area contributed by atoms with E-state index in [1.54, 1.807) is 0 Å². The Morgan fingerprint density at radius 1 is 0.933 bits per heavy atom. The Morgan fingerprint density at radius 3 is 1.60 bits per heavy atom. The molecule has 7 nitrogen and oxygen atoms in total. The number of fused-ring (bicyclic) bond motifs is 6. The van der Waals surface area contributed by atoms with Crippen LogP contribution in [0.1, 0.15) is 0 Å². The van der Waals surface area contributed by atoms with Gasteiger partial charge in [-0.25, -0.2) is 0 Å². The summed E-state index contributed by atoms with van der Waals surface area (Å²) >= 11 is 0. The van der Waals surface area contributed by atoms with Crippen LogP contribution in [0.3, 0.4) is 0 Å². The third kappa shape index (κ3) is 2.15. The fourth-order valence-corrected chi connectivity index (χ4v) is 3.05. The van der Waals surface area contributed by atoms with E-state index >= 15 is 0 Å². The van der Waals surface area contributed by atoms with Crippen molar-refractivity contribution < 1.29 is 27.7 Å². The van der Waals surface area contributed by atoms with Gasteiger partial charge in [0.1, 0.15) is 0 Å². The van der Waals surface area contributed by atoms with Crippen LogP contribution in [0.15, 0.2) is 0 Å². The van der Waals surface area contributed by atoms with Crippen molar-refractivity contribution in [3.63, 3.8) is 0 Å². The van der Waals surface area contributed by atoms with Crippen LogP contribution in [0.25, 0.3) is 0 Å². The topological polar surface area (TPSA) is 82.1 Å². The van der Waals surface area contributed by atoms with Crippen LogP contribution in [0.5, 0.6) is 0 Å². The summed E-state index contributed by atoms with van der Waals surface area (Å²) in [5.41, 5.74) is 0. The average Bonchev–Trinajstić information content (AvgIpc) is 1.95. The maximum Gasteiger partial charge on any atom is 0.701 e. The van der Waals surface area contributed by atoms with Crippen LogP contribution in [-0.2, 0) is 27.7 Å². The van der Waals surface area contributed by atoms with Gasteiger partial charge in [-0.1, -0.05) is 0 Å². The van der Waals surface area contributed by atoms with E-state index in [0.29, 0.717) is 0 Å². The van der Waals surface area contributed by atoms with E-state index in [-0.39, 0.29) is 19.6 Å². The van der Waals surface area contributed by atoms with Crippen LogP contribution in [-0.4, -0.2) is 51.2 Å². The summed E-state index contributed by atoms with van der Waals surface area (Å²) in [7, 11) is -3.45. The Kier molecular flexibility index (Phi) is 2.23. The summed E-state index contributed by atoms with van der Waals surface area (Å²) in [6, 6.07) is 0. The highest BCUT2D eigenvalue weighted by molar-refractivity contribution is 6.64. The zero-order chi connectivity index (χ0) is 11.1. The number of rotatable bonds is 0. The minimum absolute atomic E-state index is 0.0905. The minimum atomic E-state index is -3.45. The molecule has 0 aromatic heterocycles. The van der Waals surface area contributed by atoms with Gasteiger partial charge in [0.25, 0.3) is 0 Å². The van der Waals surface area contributed by atoms with E-state index in [1.807, 2.05) is 0 Å². The minimum Gasteiger partial charge on any atom is -0.454 e. The lowest BCUT2D eigenvalue weighted by Crippen LogP contribution is -2.58. The third-order valence-corrected chi connectivity index (χ3v) is 3.75. The third-order valence-electron chi connectivity index (χ3n) is 1.96. The summed E-state index contributed by atoms with van der Waals surface area (Å²) in [4.78, 5) is 35.1. The van der Waals surface area contributed by atoms with Crippen molar-refractivity contribution in [3.05, 3.63) is 0 Å². The van der Waals surface area contributed by atoms with Crippen molar-refractivity contribution in [1.29, 1.82) is 0 Å². The standard InChI is InChI=1S/C7H9NO6Si/c1-15-12-5(9)2-8(3-6(10)13-15)4-7(11)14-15/h2-4H2,1H3. The zero-order valence-corrected chi connectivity index (χ0v) is 9.02. The molecule has 3 fully saturated rings. The number of hydrogen-bond acceptors (Lipinski definition) is 7. The van der Waals surface area contributed by atoms with Gasteiger partial charge in [0.2, 0.25) is 0 Å². The summed E-state index contributed by atoms with van der Waals surface area (Å²) in [5, 5.41) is 0. The predicted molar refractivity (Wildman–Crippen MR) is 46.3 cm³/mol. The molecule has 0 amide bonds. The first-order chi connectivity index (χ1) is 6.97. The van der Waals surface area contributed by atoms with Crippen molar-refractivity contribution in [3.8, 4) is 0 Å². The lowest BCUT2D eigenvalue weighted by molar-refractivity contribution is -0.161. The summed E-state index contributed by atoms with van der Waals surface area (Å²) < 4.78 is 14.6. The fraction of sp³-hybridized carbons (Fsp3) is 0.571. The molecule has 82 valence electrons. The molecule has 3 aliphatic heterocycles. The van der Waals surface area contributed by atoms with Gasteiger partial charge in [-0.3, -0.25) is 19.3 Å². The maximum atomic E-state index is 11.3. The van der Waals surface area contributed by atoms with Crippen molar-refractivity contribution in [1.82, 2.24) is 4.90 Å². The predicted octanol–water partition coefficient (Wildman–Crippen LogP) is -1.49. The molecule has 0 unspecified atom stereocenters. The van der Waals surface area contributed by atoms with Crippen LogP contribution < -0.4 is 0 Å². The molecule has 2 bridgehead atoms. The van der Waals surface area contributed by atoms with Gasteiger partial charge in [0, 0.05) is 6.55 Å². The Balaban J connectivity index is 2.32. The molecule has 3 rings (SSSR count). The second kappa shape index (κ2) is 3.31. The van der Waals surface area contributed by atoms with Gasteiger partial charge in [0.05, 0.1) is 19.6 Å². The van der Waals surface area contributed by atoms with Crippen LogP contribution >= 0.6 is 0 Å². The first kappa shape index (κ1) is 10.1. The van der Waals surface area contributed by atoms with Gasteiger partial charge in [-0.2, -0.15) is 0 Å². The van der Waals surface area contributed by atoms with Gasteiger partial charge in [-0.05, 0) is 0 Å². The molecule has 0 N–H and O–H groups in total. The van der Waals surface area contributed by atoms with Crippen molar-refractivity contribution >= 4 is 26.7 Å². The average molecular weight is 231 g/mol. The van der Waals surface area contributed by atoms with E-state index in [0.717, 1.165) is 0 Å². The molecule has 3 saturated heterocycles. The first-order valence-corrected chi connectivity index (χ1v) is 6.57. The van der Waals surface area contributed by atoms with Crippen LogP contribution in [0.4, 0.5) is 0 Å². The Labute approximate surface area is 86.3 Å². The quantitative estimate of drug-likeness (QED) is 0.470. The van der Waals surface area contributed by atoms with E-state index in [2.05, 4.69) is 0 Å². The lowest BCUT2D eigenvalue weighted by Gasteiger charge is -2.33. The molecule has 0 atom stereocenters. The van der Waals surface area contributed by atoms with Crippen LogP contribution in [0.2, 0.25) is 6.55 Å². The Morgan fingerprint density at radius 2 is 1.27 bits per heavy atom. The van der Waals surface area contributed by atoms with E-state index in [1.165, 1.54) is 11.4 Å². The smallest absolute Gasteiger partial charge is 0.454 e. The van der Waals surface area contributed by atoms with Gasteiger partial charge < -0.3 is 13.3 Å². The largest absolute Gasteiger partial charge is 0.701 e. The molecule has 0 spiro atoms. The van der Waals surface area contributed by atoms with Gasteiger partial charge in [-0.15, -0.1) is 0 Å². The molecule has 8 heteroatoms. The Hall–Kier alpha value is -1.41. The molecular weight excluding hydrogens is 222 g/mol. The second-order valence-corrected chi connectivity index (χ2v) is 5.77. The molecule has 0 aliphatic carbocycles. The first-order valence-electron chi connectivity index (χ1n) is 4.35. The van der Waals surface area contributed by atoms with Crippen molar-refractivity contribution in [2.75, 3.05) is 19.6 Å². The number of carbonyl (C=O) groups is 3. The van der Waals surface area contributed by atoms with E-state index in [4.69, 9.17) is 13.3 Å². The summed E-state index contributed by atoms with van der Waals surface area (Å²) in [6.45, 7) is 1.08. The van der Waals surface area contributed by atoms with Crippen LogP contribution in [0, 0.1) is 0 Å². The number of hydrogen-bond donors (Lipinski definition) is 0. The molecule has 15 heavy (non-hydrogen) atoms. The normalized spacial score (nSPS) is 35.8. The molecule has 0 radical (unpaired) electrons. The highest BCUT2D eigenvalue weighted by Crippen LogP contribution is 2.17. The Bertz CT molecular complexity index is 292. The summed E-state index contributed by atoms with van der Waals surface area (Å²) in [6.07, 6.45) is 0. The molecule has 0 saturated carbocycles. The molecule has 3 aliphatic rings. The van der Waals surface area contributed by atoms with Crippen molar-refractivity contribution in [2.45, 2.75) is 6.55 Å². The monoisotopic (exact) mass is 231 g/mol. The highest BCUT2D eigenvalue weighted by Gasteiger charge is 2.51. The molecular formula is C7H9NO6Si. The molecule has 0 aromatic carbocycles. The van der Waals surface area contributed by atoms with Gasteiger partial charge >= 0.3 is 26.7 Å².